The van der Waals surface area contributed by atoms with Gasteiger partial charge in [0.1, 0.15) is 24.5 Å². The molecule has 0 spiro atoms. The summed E-state index contributed by atoms with van der Waals surface area (Å²) < 4.78 is 37.1. The molecule has 0 saturated heterocycles. The molecule has 1 aliphatic rings. The van der Waals surface area contributed by atoms with E-state index >= 15 is 0 Å². The maximum Gasteiger partial charge on any atom is 0.344 e. The molecule has 0 fully saturated rings. The molecule has 0 bridgehead atoms. The molecular formula is C23H28N8O4S. The molecule has 5 N–H and O–H groups in total. The van der Waals surface area contributed by atoms with Crippen molar-refractivity contribution in [3.8, 4) is 11.6 Å². The summed E-state index contributed by atoms with van der Waals surface area (Å²) in [6.45, 7) is 5.70. The van der Waals surface area contributed by atoms with Gasteiger partial charge in [-0.2, -0.15) is 8.42 Å². The zero-order valence-corrected chi connectivity index (χ0v) is 21.1. The molecule has 1 aliphatic heterocycles. The number of fused-ring (bicyclic) bond motifs is 1. The van der Waals surface area contributed by atoms with Crippen LogP contribution in [-0.4, -0.2) is 53.9 Å². The second-order valence-corrected chi connectivity index (χ2v) is 10.3. The molecule has 3 heterocycles. The van der Waals surface area contributed by atoms with E-state index < -0.39 is 15.7 Å². The Morgan fingerprint density at radius 3 is 2.81 bits per heavy atom. The summed E-state index contributed by atoms with van der Waals surface area (Å²) in [5.41, 5.74) is 6.99. The number of carbonyl (C=O) groups excluding carboxylic acids is 1. The Labute approximate surface area is 209 Å². The van der Waals surface area contributed by atoms with Crippen LogP contribution >= 0.6 is 0 Å². The number of nitrogens with zero attached hydrogens (tertiary/aromatic N) is 4. The van der Waals surface area contributed by atoms with Gasteiger partial charge in [-0.05, 0) is 52.1 Å². The van der Waals surface area contributed by atoms with Crippen LogP contribution in [0.5, 0.6) is 5.75 Å². The maximum atomic E-state index is 13.0. The number of amidine groups is 1. The average Bonchev–Trinajstić information content (AvgIpc) is 3.31. The van der Waals surface area contributed by atoms with Crippen LogP contribution in [-0.2, 0) is 10.2 Å². The number of rotatable bonds is 8. The molecule has 0 radical (unpaired) electrons. The van der Waals surface area contributed by atoms with Gasteiger partial charge in [0.05, 0.1) is 22.5 Å². The Morgan fingerprint density at radius 1 is 1.28 bits per heavy atom. The number of nitrogens with one attached hydrogen (secondary N) is 3. The van der Waals surface area contributed by atoms with E-state index in [1.165, 1.54) is 0 Å². The van der Waals surface area contributed by atoms with Crippen molar-refractivity contribution in [3.05, 3.63) is 65.9 Å². The van der Waals surface area contributed by atoms with Crippen LogP contribution in [0.3, 0.4) is 0 Å². The van der Waals surface area contributed by atoms with Crippen LogP contribution in [0.15, 0.2) is 53.5 Å². The molecule has 1 unspecified atom stereocenters. The van der Waals surface area contributed by atoms with Crippen LogP contribution in [0, 0.1) is 0 Å². The number of nitrogens with two attached hydrogens (primary N) is 1. The fourth-order valence-electron chi connectivity index (χ4n) is 3.55. The lowest BCUT2D eigenvalue weighted by molar-refractivity contribution is 0.0880. The summed E-state index contributed by atoms with van der Waals surface area (Å²) in [5.74, 6) is 0.431. The zero-order valence-electron chi connectivity index (χ0n) is 20.3. The van der Waals surface area contributed by atoms with E-state index in [0.717, 1.165) is 5.69 Å². The smallest absolute Gasteiger partial charge is 0.344 e. The van der Waals surface area contributed by atoms with Crippen molar-refractivity contribution in [2.75, 3.05) is 18.4 Å². The van der Waals surface area contributed by atoms with Gasteiger partial charge in [0.15, 0.2) is 5.84 Å². The van der Waals surface area contributed by atoms with Crippen LogP contribution in [0.1, 0.15) is 48.4 Å². The minimum absolute atomic E-state index is 0.0792. The van der Waals surface area contributed by atoms with E-state index in [1.807, 2.05) is 34.0 Å². The summed E-state index contributed by atoms with van der Waals surface area (Å²) >= 11 is 0. The third-order valence-electron chi connectivity index (χ3n) is 5.53. The van der Waals surface area contributed by atoms with E-state index in [9.17, 15) is 13.2 Å². The number of benzene rings is 1. The van der Waals surface area contributed by atoms with Gasteiger partial charge in [-0.1, -0.05) is 6.07 Å². The topological polar surface area (TPSA) is 166 Å². The number of pyridine rings is 1. The number of anilines is 1. The molecule has 0 saturated carbocycles. The van der Waals surface area contributed by atoms with E-state index in [1.54, 1.807) is 47.4 Å². The van der Waals surface area contributed by atoms with Crippen molar-refractivity contribution in [2.45, 2.75) is 32.4 Å². The summed E-state index contributed by atoms with van der Waals surface area (Å²) in [5, 5.41) is 6.09. The van der Waals surface area contributed by atoms with Crippen LogP contribution < -0.4 is 25.8 Å². The standard InChI is InChI=1S/C23H28N8O4S/c1-14(25-4)17-11-31(13-27-17)19-10-15(8-9-26-19)22(32)28-23(2,3)12-35-18-7-5-6-16-20(18)21(24)30-36(33,34)29-16/h5-11,13-14,25,29H,12H2,1-4H3,(H2,24,30)(H,28,32). The molecule has 1 aromatic carbocycles. The van der Waals surface area contributed by atoms with Gasteiger partial charge in [-0.15, -0.1) is 4.40 Å². The quantitative estimate of drug-likeness (QED) is 0.352. The normalized spacial score (nSPS) is 15.3. The number of ether oxygens (including phenoxy) is 1. The lowest BCUT2D eigenvalue weighted by atomic mass is 10.1. The summed E-state index contributed by atoms with van der Waals surface area (Å²) in [6, 6.07) is 8.24. The van der Waals surface area contributed by atoms with Crippen molar-refractivity contribution in [1.29, 1.82) is 0 Å². The molecule has 4 rings (SSSR count). The monoisotopic (exact) mass is 512 g/mol. The fourth-order valence-corrected chi connectivity index (χ4v) is 4.39. The van der Waals surface area contributed by atoms with Gasteiger partial charge >= 0.3 is 10.2 Å². The van der Waals surface area contributed by atoms with Crippen LogP contribution in [0.4, 0.5) is 5.69 Å². The molecule has 0 aliphatic carbocycles. The fraction of sp³-hybridized carbons (Fsp3) is 0.304. The van der Waals surface area contributed by atoms with Gasteiger partial charge in [0.25, 0.3) is 5.91 Å². The number of imidazole rings is 1. The van der Waals surface area contributed by atoms with Gasteiger partial charge in [-0.25, -0.2) is 9.97 Å². The lowest BCUT2D eigenvalue weighted by Crippen LogP contribution is -2.48. The van der Waals surface area contributed by atoms with Crippen molar-refractivity contribution in [3.63, 3.8) is 0 Å². The van der Waals surface area contributed by atoms with Crippen LogP contribution in [0.2, 0.25) is 0 Å². The second-order valence-electron chi connectivity index (χ2n) is 8.98. The van der Waals surface area contributed by atoms with Gasteiger partial charge in [0.2, 0.25) is 0 Å². The Balaban J connectivity index is 1.46. The first kappa shape index (κ1) is 25.1. The minimum Gasteiger partial charge on any atom is -0.490 e. The Bertz CT molecular complexity index is 1430. The van der Waals surface area contributed by atoms with E-state index in [0.29, 0.717) is 22.7 Å². The highest BCUT2D eigenvalue weighted by molar-refractivity contribution is 7.91. The lowest BCUT2D eigenvalue weighted by Gasteiger charge is -2.27. The van der Waals surface area contributed by atoms with E-state index in [4.69, 9.17) is 10.5 Å². The van der Waals surface area contributed by atoms with Crippen molar-refractivity contribution in [2.24, 2.45) is 10.1 Å². The average molecular weight is 513 g/mol. The summed E-state index contributed by atoms with van der Waals surface area (Å²) in [7, 11) is -2.04. The van der Waals surface area contributed by atoms with Gasteiger partial charge in [-0.3, -0.25) is 14.1 Å². The molecule has 190 valence electrons. The maximum absolute atomic E-state index is 13.0. The van der Waals surface area contributed by atoms with Gasteiger partial charge in [0, 0.05) is 24.0 Å². The zero-order chi connectivity index (χ0) is 26.1. The molecule has 13 heteroatoms. The molecule has 36 heavy (non-hydrogen) atoms. The van der Waals surface area contributed by atoms with Gasteiger partial charge < -0.3 is 21.1 Å². The molecule has 12 nitrogen and oxygen atoms in total. The highest BCUT2D eigenvalue weighted by Gasteiger charge is 2.27. The Kier molecular flexibility index (Phi) is 6.69. The third-order valence-corrected chi connectivity index (χ3v) is 6.45. The number of aromatic nitrogens is 3. The largest absolute Gasteiger partial charge is 0.490 e. The van der Waals surface area contributed by atoms with E-state index in [-0.39, 0.29) is 30.1 Å². The number of hydrogen-bond acceptors (Lipinski definition) is 8. The molecule has 1 amide bonds. The SMILES string of the molecule is CNC(C)c1cn(-c2cc(C(=O)NC(C)(C)COc3cccc4c3C(N)=NS(=O)(=O)N4)ccn2)cn1. The van der Waals surface area contributed by atoms with E-state index in [2.05, 4.69) is 29.7 Å². The highest BCUT2D eigenvalue weighted by Crippen LogP contribution is 2.31. The predicted molar refractivity (Wildman–Crippen MR) is 136 cm³/mol. The minimum atomic E-state index is -3.89. The molecule has 2 aromatic heterocycles. The Hall–Kier alpha value is -3.97. The first-order valence-electron chi connectivity index (χ1n) is 11.1. The summed E-state index contributed by atoms with van der Waals surface area (Å²) in [6.07, 6.45) is 5.08. The third kappa shape index (κ3) is 5.47. The Morgan fingerprint density at radius 2 is 2.06 bits per heavy atom. The highest BCUT2D eigenvalue weighted by atomic mass is 32.2. The molecular weight excluding hydrogens is 484 g/mol. The number of carbonyl (C=O) groups is 1. The number of amides is 1. The second kappa shape index (κ2) is 9.59. The van der Waals surface area contributed by atoms with Crippen molar-refractivity contribution < 1.29 is 17.9 Å². The number of hydrogen-bond donors (Lipinski definition) is 4. The molecule has 3 aromatic rings. The first-order chi connectivity index (χ1) is 17.0. The van der Waals surface area contributed by atoms with Crippen molar-refractivity contribution >= 4 is 27.6 Å². The summed E-state index contributed by atoms with van der Waals surface area (Å²) in [4.78, 5) is 21.8. The molecule has 1 atom stereocenters. The predicted octanol–water partition coefficient (Wildman–Crippen LogP) is 1.51. The van der Waals surface area contributed by atoms with Crippen LogP contribution in [0.25, 0.3) is 5.82 Å². The first-order valence-corrected chi connectivity index (χ1v) is 12.6. The van der Waals surface area contributed by atoms with Crippen molar-refractivity contribution in [1.82, 2.24) is 25.2 Å².